The molecule has 1 aromatic heterocycles. The van der Waals surface area contributed by atoms with Crippen LogP contribution in [-0.2, 0) is 17.5 Å². The van der Waals surface area contributed by atoms with E-state index in [9.17, 15) is 27.2 Å². The number of hydrogen-bond donors (Lipinski definition) is 0. The highest BCUT2D eigenvalue weighted by Crippen LogP contribution is 2.52. The lowest BCUT2D eigenvalue weighted by Gasteiger charge is -2.50. The van der Waals surface area contributed by atoms with Crippen LogP contribution in [0.3, 0.4) is 0 Å². The highest BCUT2D eigenvalue weighted by molar-refractivity contribution is 7.99. The predicted molar refractivity (Wildman–Crippen MR) is 162 cm³/mol. The summed E-state index contributed by atoms with van der Waals surface area (Å²) in [7, 11) is 0. The van der Waals surface area contributed by atoms with Crippen molar-refractivity contribution < 1.29 is 22.4 Å². The first-order valence-corrected chi connectivity index (χ1v) is 15.9. The molecular weight excluding hydrogens is 594 g/mol. The fraction of sp³-hybridized carbons (Fsp3) is 0.469. The van der Waals surface area contributed by atoms with Gasteiger partial charge in [0.2, 0.25) is 5.91 Å². The molecule has 2 atom stereocenters. The zero-order valence-corrected chi connectivity index (χ0v) is 25.3. The Bertz CT molecular complexity index is 1720. The zero-order chi connectivity index (χ0) is 31.1. The van der Waals surface area contributed by atoms with Gasteiger partial charge in [-0.3, -0.25) is 14.3 Å². The number of amides is 1. The van der Waals surface area contributed by atoms with Gasteiger partial charge in [0.1, 0.15) is 11.6 Å². The number of likely N-dealkylation sites (tertiary alicyclic amines) is 1. The summed E-state index contributed by atoms with van der Waals surface area (Å²) >= 11 is 1.36. The highest BCUT2D eigenvalue weighted by Gasteiger charge is 2.50. The van der Waals surface area contributed by atoms with Gasteiger partial charge in [-0.1, -0.05) is 18.7 Å². The monoisotopic (exact) mass is 627 g/mol. The molecule has 1 spiro atoms. The Kier molecular flexibility index (Phi) is 6.89. The van der Waals surface area contributed by atoms with Crippen LogP contribution < -0.4 is 10.6 Å². The van der Waals surface area contributed by atoms with Crippen LogP contribution in [0.25, 0.3) is 22.0 Å². The van der Waals surface area contributed by atoms with Gasteiger partial charge in [-0.2, -0.15) is 18.2 Å². The molecular formula is C32H33F4N5O2S. The average molecular weight is 628 g/mol. The number of aromatic nitrogens is 2. The molecule has 232 valence electrons. The van der Waals surface area contributed by atoms with Crippen molar-refractivity contribution in [2.45, 2.75) is 62.4 Å². The summed E-state index contributed by atoms with van der Waals surface area (Å²) in [6.45, 7) is 9.83. The number of halogens is 4. The molecule has 1 amide bonds. The van der Waals surface area contributed by atoms with Crippen molar-refractivity contribution in [2.75, 3.05) is 36.8 Å². The number of piperazine rings is 1. The topological polar surface area (TPSA) is 61.7 Å². The smallest absolute Gasteiger partial charge is 0.352 e. The maximum absolute atomic E-state index is 15.0. The number of rotatable bonds is 4. The van der Waals surface area contributed by atoms with Gasteiger partial charge < -0.3 is 9.80 Å². The average Bonchev–Trinajstić information content (AvgIpc) is 3.80. The Morgan fingerprint density at radius 2 is 1.75 bits per heavy atom. The van der Waals surface area contributed by atoms with E-state index in [2.05, 4.69) is 16.5 Å². The molecule has 1 aliphatic carbocycles. The number of benzene rings is 2. The van der Waals surface area contributed by atoms with Crippen LogP contribution in [-0.4, -0.2) is 75.3 Å². The van der Waals surface area contributed by atoms with Crippen LogP contribution in [0, 0.1) is 11.2 Å². The standard InChI is InChI=1S/C32H33F4N5O2S/c1-4-25(42)41-18(2)12-38(13-19(41)3)29-23-11-24(32(34,35)36)26(20-5-7-21(33)8-6-20)28-27(23)40(30(43)37-29)16-31(17-44-28)14-39(15-31)22-9-10-22/h4-8,11,18-19,22H,1,9-10,12-17H2,2-3H3/t18-,19+. The molecule has 0 unspecified atom stereocenters. The Labute approximate surface area is 256 Å². The fourth-order valence-corrected chi connectivity index (χ4v) is 8.85. The number of thioether (sulfide) groups is 1. The second kappa shape index (κ2) is 10.3. The minimum atomic E-state index is -4.73. The Morgan fingerprint density at radius 1 is 1.09 bits per heavy atom. The maximum atomic E-state index is 15.0. The third-order valence-electron chi connectivity index (χ3n) is 9.44. The number of hydrogen-bond acceptors (Lipinski definition) is 6. The molecule has 0 N–H and O–H groups in total. The normalized spacial score (nSPS) is 23.5. The first-order chi connectivity index (χ1) is 20.9. The lowest BCUT2D eigenvalue weighted by molar-refractivity contribution is -0.137. The second-order valence-electron chi connectivity index (χ2n) is 12.8. The van der Waals surface area contributed by atoms with Gasteiger partial charge in [0, 0.05) is 77.9 Å². The summed E-state index contributed by atoms with van der Waals surface area (Å²) in [5.41, 5.74) is -0.996. The van der Waals surface area contributed by atoms with E-state index in [0.29, 0.717) is 41.8 Å². The largest absolute Gasteiger partial charge is 0.417 e. The summed E-state index contributed by atoms with van der Waals surface area (Å²) < 4.78 is 60.4. The number of nitrogens with zero attached hydrogens (tertiary/aromatic N) is 5. The molecule has 44 heavy (non-hydrogen) atoms. The summed E-state index contributed by atoms with van der Waals surface area (Å²) in [6.07, 6.45) is -1.18. The van der Waals surface area contributed by atoms with Crippen molar-refractivity contribution in [3.63, 3.8) is 0 Å². The van der Waals surface area contributed by atoms with E-state index >= 15 is 0 Å². The quantitative estimate of drug-likeness (QED) is 0.285. The van der Waals surface area contributed by atoms with Gasteiger partial charge in [0.05, 0.1) is 11.1 Å². The van der Waals surface area contributed by atoms with Crippen LogP contribution in [0.4, 0.5) is 23.4 Å². The van der Waals surface area contributed by atoms with Crippen molar-refractivity contribution in [1.29, 1.82) is 0 Å². The minimum absolute atomic E-state index is 0.0427. The van der Waals surface area contributed by atoms with E-state index < -0.39 is 23.2 Å². The summed E-state index contributed by atoms with van der Waals surface area (Å²) in [4.78, 5) is 37.2. The molecule has 2 aromatic carbocycles. The van der Waals surface area contributed by atoms with Crippen molar-refractivity contribution in [3.8, 4) is 11.1 Å². The predicted octanol–water partition coefficient (Wildman–Crippen LogP) is 5.40. The Balaban J connectivity index is 1.45. The van der Waals surface area contributed by atoms with Gasteiger partial charge in [-0.15, -0.1) is 11.8 Å². The van der Waals surface area contributed by atoms with E-state index in [-0.39, 0.29) is 45.7 Å². The van der Waals surface area contributed by atoms with Gasteiger partial charge in [0.15, 0.2) is 0 Å². The third kappa shape index (κ3) is 4.81. The van der Waals surface area contributed by atoms with Gasteiger partial charge in [0.25, 0.3) is 0 Å². The molecule has 3 aromatic rings. The molecule has 4 heterocycles. The summed E-state index contributed by atoms with van der Waals surface area (Å²) in [5.74, 6) is -0.0335. The van der Waals surface area contributed by atoms with E-state index in [4.69, 9.17) is 0 Å². The Hall–Kier alpha value is -3.38. The summed E-state index contributed by atoms with van der Waals surface area (Å²) in [6, 6.07) is 6.13. The van der Waals surface area contributed by atoms with Crippen molar-refractivity contribution in [2.24, 2.45) is 5.41 Å². The lowest BCUT2D eigenvalue weighted by atomic mass is 9.81. The molecule has 2 saturated heterocycles. The van der Waals surface area contributed by atoms with E-state index in [1.54, 1.807) is 9.47 Å². The van der Waals surface area contributed by atoms with E-state index in [1.165, 1.54) is 30.0 Å². The second-order valence-corrected chi connectivity index (χ2v) is 13.8. The van der Waals surface area contributed by atoms with Gasteiger partial charge >= 0.3 is 11.9 Å². The molecule has 0 bridgehead atoms. The van der Waals surface area contributed by atoms with Gasteiger partial charge in [-0.05, 0) is 56.5 Å². The van der Waals surface area contributed by atoms with Crippen molar-refractivity contribution >= 4 is 34.4 Å². The first kappa shape index (κ1) is 29.3. The molecule has 4 aliphatic rings. The van der Waals surface area contributed by atoms with Crippen molar-refractivity contribution in [3.05, 3.63) is 64.9 Å². The molecule has 3 fully saturated rings. The molecule has 12 heteroatoms. The van der Waals surface area contributed by atoms with E-state index in [0.717, 1.165) is 44.1 Å². The van der Waals surface area contributed by atoms with Crippen LogP contribution >= 0.6 is 11.8 Å². The first-order valence-electron chi connectivity index (χ1n) is 14.9. The van der Waals surface area contributed by atoms with E-state index in [1.807, 2.05) is 18.7 Å². The molecule has 7 nitrogen and oxygen atoms in total. The third-order valence-corrected chi connectivity index (χ3v) is 10.9. The van der Waals surface area contributed by atoms with Crippen LogP contribution in [0.5, 0.6) is 0 Å². The number of carbonyl (C=O) groups is 1. The van der Waals surface area contributed by atoms with Crippen LogP contribution in [0.15, 0.2) is 52.7 Å². The maximum Gasteiger partial charge on any atom is 0.417 e. The number of anilines is 1. The Morgan fingerprint density at radius 3 is 2.34 bits per heavy atom. The highest BCUT2D eigenvalue weighted by atomic mass is 32.2. The van der Waals surface area contributed by atoms with Gasteiger partial charge in [-0.25, -0.2) is 9.18 Å². The SMILES string of the molecule is C=CC(=O)N1[C@H](C)CN(c2nc(=O)n3c4c(c(-c5ccc(F)cc5)c(C(F)(F)F)cc24)SCC2(CN(C4CC4)C2)C3)C[C@@H]1C. The van der Waals surface area contributed by atoms with Crippen LogP contribution in [0.1, 0.15) is 32.3 Å². The number of carbonyl (C=O) groups excluding carboxylic acids is 1. The molecule has 0 radical (unpaired) electrons. The van der Waals surface area contributed by atoms with Crippen LogP contribution in [0.2, 0.25) is 0 Å². The molecule has 3 aliphatic heterocycles. The zero-order valence-electron chi connectivity index (χ0n) is 24.5. The minimum Gasteiger partial charge on any atom is -0.352 e. The summed E-state index contributed by atoms with van der Waals surface area (Å²) in [5, 5.41) is 0.253. The molecule has 1 saturated carbocycles. The number of alkyl halides is 3. The molecule has 7 rings (SSSR count). The van der Waals surface area contributed by atoms with Crippen molar-refractivity contribution in [1.82, 2.24) is 19.4 Å². The fourth-order valence-electron chi connectivity index (χ4n) is 7.39. The lowest BCUT2D eigenvalue weighted by Crippen LogP contribution is -2.60.